The van der Waals surface area contributed by atoms with Gasteiger partial charge in [0.2, 0.25) is 0 Å². The number of aryl methyl sites for hydroxylation is 1. The van der Waals surface area contributed by atoms with Crippen LogP contribution in [0.3, 0.4) is 0 Å². The minimum atomic E-state index is 0.260. The molecule has 2 unspecified atom stereocenters. The molecule has 2 heterocycles. The second-order valence-corrected chi connectivity index (χ2v) is 7.90. The van der Waals surface area contributed by atoms with Gasteiger partial charge in [-0.1, -0.05) is 60.7 Å². The number of ether oxygens (including phenoxy) is 1. The molecule has 2 saturated heterocycles. The van der Waals surface area contributed by atoms with E-state index < -0.39 is 0 Å². The molecule has 2 atom stereocenters. The minimum absolute atomic E-state index is 0.260. The van der Waals surface area contributed by atoms with E-state index in [9.17, 15) is 0 Å². The molecule has 0 bridgehead atoms. The Hall–Kier alpha value is -2.37. The predicted octanol–water partition coefficient (Wildman–Crippen LogP) is 2.78. The normalized spacial score (nSPS) is 22.5. The maximum atomic E-state index is 6.11. The maximum absolute atomic E-state index is 6.11. The highest BCUT2D eigenvalue weighted by Gasteiger charge is 2.41. The number of nitrogens with one attached hydrogen (secondary N) is 1. The van der Waals surface area contributed by atoms with Crippen molar-refractivity contribution >= 4 is 5.96 Å². The van der Waals surface area contributed by atoms with Crippen molar-refractivity contribution in [1.82, 2.24) is 15.1 Å². The van der Waals surface area contributed by atoms with Crippen molar-refractivity contribution in [2.24, 2.45) is 4.99 Å². The van der Waals surface area contributed by atoms with Gasteiger partial charge in [-0.15, -0.1) is 0 Å². The van der Waals surface area contributed by atoms with Gasteiger partial charge in [-0.05, 0) is 24.0 Å². The van der Waals surface area contributed by atoms with E-state index in [0.29, 0.717) is 6.04 Å². The van der Waals surface area contributed by atoms with E-state index in [1.54, 1.807) is 0 Å². The Morgan fingerprint density at radius 1 is 1.03 bits per heavy atom. The van der Waals surface area contributed by atoms with Crippen LogP contribution in [0.5, 0.6) is 0 Å². The first-order valence-corrected chi connectivity index (χ1v) is 10.7. The largest absolute Gasteiger partial charge is 0.373 e. The number of hydrogen-bond acceptors (Lipinski definition) is 3. The van der Waals surface area contributed by atoms with Gasteiger partial charge in [0.25, 0.3) is 0 Å². The van der Waals surface area contributed by atoms with Crippen LogP contribution in [0, 0.1) is 0 Å². The summed E-state index contributed by atoms with van der Waals surface area (Å²) in [6.45, 7) is 5.60. The first kappa shape index (κ1) is 19.9. The molecule has 0 saturated carbocycles. The summed E-state index contributed by atoms with van der Waals surface area (Å²) < 4.78 is 6.11. The maximum Gasteiger partial charge on any atom is 0.193 e. The molecule has 5 nitrogen and oxygen atoms in total. The third kappa shape index (κ3) is 5.17. The fraction of sp³-hybridized carbons (Fsp3) is 0.458. The molecule has 2 aliphatic heterocycles. The van der Waals surface area contributed by atoms with Crippen molar-refractivity contribution in [3.05, 3.63) is 71.8 Å². The van der Waals surface area contributed by atoms with Crippen LogP contribution < -0.4 is 5.32 Å². The average Bonchev–Trinajstić information content (AvgIpc) is 3.20. The number of morpholine rings is 1. The van der Waals surface area contributed by atoms with Crippen molar-refractivity contribution in [3.8, 4) is 0 Å². The van der Waals surface area contributed by atoms with E-state index in [1.165, 1.54) is 11.1 Å². The Labute approximate surface area is 174 Å². The average molecular weight is 393 g/mol. The summed E-state index contributed by atoms with van der Waals surface area (Å²) in [5.41, 5.74) is 2.76. The van der Waals surface area contributed by atoms with Crippen molar-refractivity contribution in [2.45, 2.75) is 31.5 Å². The smallest absolute Gasteiger partial charge is 0.193 e. The zero-order valence-corrected chi connectivity index (χ0v) is 17.3. The van der Waals surface area contributed by atoms with E-state index in [4.69, 9.17) is 4.74 Å². The zero-order chi connectivity index (χ0) is 19.9. The standard InChI is InChI=1S/C24H32N4O/c1-25-24(26-14-8-13-20-9-4-2-5-10-20)28-18-22-23(19-28)29-16-15-27(22)17-21-11-6-3-7-12-21/h2-7,9-12,22-23H,8,13-19H2,1H3,(H,25,26). The van der Waals surface area contributed by atoms with Crippen molar-refractivity contribution in [2.75, 3.05) is 39.8 Å². The molecule has 1 N–H and O–H groups in total. The molecule has 2 aromatic rings. The molecule has 0 spiro atoms. The lowest BCUT2D eigenvalue weighted by molar-refractivity contribution is -0.0502. The Balaban J connectivity index is 1.29. The van der Waals surface area contributed by atoms with Crippen LogP contribution >= 0.6 is 0 Å². The highest BCUT2D eigenvalue weighted by molar-refractivity contribution is 5.80. The molecular weight excluding hydrogens is 360 g/mol. The highest BCUT2D eigenvalue weighted by Crippen LogP contribution is 2.24. The zero-order valence-electron chi connectivity index (χ0n) is 17.3. The van der Waals surface area contributed by atoms with E-state index in [1.807, 2.05) is 7.05 Å². The lowest BCUT2D eigenvalue weighted by Crippen LogP contribution is -2.50. The fourth-order valence-corrected chi connectivity index (χ4v) is 4.42. The number of fused-ring (bicyclic) bond motifs is 1. The highest BCUT2D eigenvalue weighted by atomic mass is 16.5. The van der Waals surface area contributed by atoms with Crippen molar-refractivity contribution in [3.63, 3.8) is 0 Å². The van der Waals surface area contributed by atoms with Crippen LogP contribution in [0.25, 0.3) is 0 Å². The first-order chi connectivity index (χ1) is 14.3. The molecule has 4 rings (SSSR count). The molecule has 5 heteroatoms. The van der Waals surface area contributed by atoms with Crippen LogP contribution in [0.2, 0.25) is 0 Å². The Bertz CT molecular complexity index is 780. The lowest BCUT2D eigenvalue weighted by atomic mass is 10.1. The number of rotatable bonds is 6. The van der Waals surface area contributed by atoms with E-state index >= 15 is 0 Å². The number of guanidine groups is 1. The lowest BCUT2D eigenvalue weighted by Gasteiger charge is -2.36. The summed E-state index contributed by atoms with van der Waals surface area (Å²) in [7, 11) is 1.88. The van der Waals surface area contributed by atoms with Gasteiger partial charge in [-0.25, -0.2) is 0 Å². The first-order valence-electron chi connectivity index (χ1n) is 10.7. The number of benzene rings is 2. The molecular formula is C24H32N4O. The SMILES string of the molecule is CN=C(NCCCc1ccccc1)N1CC2OCCN(Cc3ccccc3)C2C1. The van der Waals surface area contributed by atoms with Gasteiger partial charge in [0.05, 0.1) is 18.8 Å². The van der Waals surface area contributed by atoms with Crippen molar-refractivity contribution in [1.29, 1.82) is 0 Å². The Morgan fingerprint density at radius 3 is 2.48 bits per heavy atom. The quantitative estimate of drug-likeness (QED) is 0.466. The monoisotopic (exact) mass is 392 g/mol. The van der Waals surface area contributed by atoms with E-state index in [0.717, 1.165) is 58.1 Å². The summed E-state index contributed by atoms with van der Waals surface area (Å²) in [6.07, 6.45) is 2.44. The second-order valence-electron chi connectivity index (χ2n) is 7.90. The number of hydrogen-bond donors (Lipinski definition) is 1. The molecule has 0 aliphatic carbocycles. The second kappa shape index (κ2) is 9.90. The van der Waals surface area contributed by atoms with Gasteiger partial charge in [0.1, 0.15) is 0 Å². The number of nitrogens with zero attached hydrogens (tertiary/aromatic N) is 3. The molecule has 29 heavy (non-hydrogen) atoms. The molecule has 2 aromatic carbocycles. The van der Waals surface area contributed by atoms with Crippen LogP contribution in [0.4, 0.5) is 0 Å². The summed E-state index contributed by atoms with van der Waals surface area (Å²) in [5.74, 6) is 0.996. The van der Waals surface area contributed by atoms with Crippen LogP contribution in [-0.2, 0) is 17.7 Å². The van der Waals surface area contributed by atoms with Crippen LogP contribution in [0.1, 0.15) is 17.5 Å². The fourth-order valence-electron chi connectivity index (χ4n) is 4.42. The predicted molar refractivity (Wildman–Crippen MR) is 118 cm³/mol. The Morgan fingerprint density at radius 2 is 1.76 bits per heavy atom. The summed E-state index contributed by atoms with van der Waals surface area (Å²) >= 11 is 0. The third-order valence-electron chi connectivity index (χ3n) is 5.92. The van der Waals surface area contributed by atoms with E-state index in [2.05, 4.69) is 80.8 Å². The molecule has 2 fully saturated rings. The van der Waals surface area contributed by atoms with Gasteiger partial charge in [0, 0.05) is 39.8 Å². The van der Waals surface area contributed by atoms with Crippen LogP contribution in [0.15, 0.2) is 65.7 Å². The Kier molecular flexibility index (Phi) is 6.80. The summed E-state index contributed by atoms with van der Waals surface area (Å²) in [5, 5.41) is 3.56. The topological polar surface area (TPSA) is 40.1 Å². The third-order valence-corrected chi connectivity index (χ3v) is 5.92. The minimum Gasteiger partial charge on any atom is -0.373 e. The van der Waals surface area contributed by atoms with Gasteiger partial charge in [-0.3, -0.25) is 9.89 Å². The van der Waals surface area contributed by atoms with Gasteiger partial charge in [-0.2, -0.15) is 0 Å². The molecule has 0 amide bonds. The van der Waals surface area contributed by atoms with Crippen molar-refractivity contribution < 1.29 is 4.74 Å². The van der Waals surface area contributed by atoms with Gasteiger partial charge < -0.3 is 15.0 Å². The van der Waals surface area contributed by atoms with Gasteiger partial charge >= 0.3 is 0 Å². The summed E-state index contributed by atoms with van der Waals surface area (Å²) in [4.78, 5) is 9.48. The number of likely N-dealkylation sites (tertiary alicyclic amines) is 1. The summed E-state index contributed by atoms with van der Waals surface area (Å²) in [6, 6.07) is 21.8. The molecule has 2 aliphatic rings. The molecule has 0 radical (unpaired) electrons. The number of aliphatic imine (C=N–C) groups is 1. The van der Waals surface area contributed by atoms with E-state index in [-0.39, 0.29) is 6.10 Å². The molecule has 0 aromatic heterocycles. The van der Waals surface area contributed by atoms with Gasteiger partial charge in [0.15, 0.2) is 5.96 Å². The van der Waals surface area contributed by atoms with Crippen LogP contribution in [-0.4, -0.2) is 67.7 Å². The molecule has 154 valence electrons.